The number of aromatic nitrogens is 2. The topological polar surface area (TPSA) is 79.9 Å². The van der Waals surface area contributed by atoms with E-state index in [-0.39, 0.29) is 17.9 Å². The fraction of sp³-hybridized carbons (Fsp3) is 0.150. The lowest BCUT2D eigenvalue weighted by Gasteiger charge is -2.10. The number of rotatable bonds is 5. The average Bonchev–Trinajstić information content (AvgIpc) is 3.07. The third-order valence-electron chi connectivity index (χ3n) is 4.07. The summed E-state index contributed by atoms with van der Waals surface area (Å²) in [6.07, 6.45) is -3.18. The van der Waals surface area contributed by atoms with Crippen LogP contribution in [-0.4, -0.2) is 22.3 Å². The van der Waals surface area contributed by atoms with Gasteiger partial charge in [0.05, 0.1) is 28.7 Å². The monoisotopic (exact) mass is 400 g/mol. The van der Waals surface area contributed by atoms with Crippen molar-refractivity contribution in [1.29, 1.82) is 5.26 Å². The number of carbonyl (C=O) groups is 1. The SMILES string of the molecule is Cc1c(C(=O)Nc2cccc(OCC#N)c2)cnn1-c1cccc(C(F)(F)F)c1. The van der Waals surface area contributed by atoms with Gasteiger partial charge >= 0.3 is 6.18 Å². The van der Waals surface area contributed by atoms with Gasteiger partial charge < -0.3 is 10.1 Å². The summed E-state index contributed by atoms with van der Waals surface area (Å²) < 4.78 is 45.3. The number of benzene rings is 2. The van der Waals surface area contributed by atoms with Gasteiger partial charge in [0.15, 0.2) is 6.61 Å². The van der Waals surface area contributed by atoms with E-state index in [1.54, 1.807) is 31.2 Å². The molecule has 3 rings (SSSR count). The number of hydrogen-bond acceptors (Lipinski definition) is 4. The predicted octanol–water partition coefficient (Wildman–Crippen LogP) is 4.35. The van der Waals surface area contributed by atoms with Gasteiger partial charge in [-0.25, -0.2) is 4.68 Å². The van der Waals surface area contributed by atoms with Crippen LogP contribution in [-0.2, 0) is 6.18 Å². The predicted molar refractivity (Wildman–Crippen MR) is 98.8 cm³/mol. The minimum atomic E-state index is -4.48. The highest BCUT2D eigenvalue weighted by Gasteiger charge is 2.30. The van der Waals surface area contributed by atoms with E-state index in [0.717, 1.165) is 12.1 Å². The average molecular weight is 400 g/mol. The smallest absolute Gasteiger partial charge is 0.416 e. The molecule has 0 bridgehead atoms. The lowest BCUT2D eigenvalue weighted by Crippen LogP contribution is -2.13. The summed E-state index contributed by atoms with van der Waals surface area (Å²) in [5.74, 6) is -0.0566. The first-order valence-electron chi connectivity index (χ1n) is 8.43. The molecule has 6 nitrogen and oxygen atoms in total. The normalized spacial score (nSPS) is 11.0. The second-order valence-electron chi connectivity index (χ2n) is 6.03. The van der Waals surface area contributed by atoms with Crippen molar-refractivity contribution in [3.63, 3.8) is 0 Å². The number of anilines is 1. The van der Waals surface area contributed by atoms with Gasteiger partial charge in [0.1, 0.15) is 11.8 Å². The molecule has 0 fully saturated rings. The molecule has 0 saturated carbocycles. The van der Waals surface area contributed by atoms with Crippen molar-refractivity contribution < 1.29 is 22.7 Å². The second-order valence-corrected chi connectivity index (χ2v) is 6.03. The highest BCUT2D eigenvalue weighted by Crippen LogP contribution is 2.30. The maximum Gasteiger partial charge on any atom is 0.416 e. The van der Waals surface area contributed by atoms with E-state index >= 15 is 0 Å². The first-order valence-corrected chi connectivity index (χ1v) is 8.43. The molecule has 0 radical (unpaired) electrons. The number of alkyl halides is 3. The molecule has 1 heterocycles. The molecular weight excluding hydrogens is 385 g/mol. The first kappa shape index (κ1) is 19.9. The summed E-state index contributed by atoms with van der Waals surface area (Å²) >= 11 is 0. The molecule has 0 atom stereocenters. The summed E-state index contributed by atoms with van der Waals surface area (Å²) in [7, 11) is 0. The third-order valence-corrected chi connectivity index (χ3v) is 4.07. The zero-order valence-electron chi connectivity index (χ0n) is 15.2. The number of halogens is 3. The lowest BCUT2D eigenvalue weighted by atomic mass is 10.2. The third kappa shape index (κ3) is 4.55. The number of carbonyl (C=O) groups excluding carboxylic acids is 1. The fourth-order valence-corrected chi connectivity index (χ4v) is 2.68. The van der Waals surface area contributed by atoms with Gasteiger partial charge in [-0.3, -0.25) is 4.79 Å². The van der Waals surface area contributed by atoms with E-state index in [1.807, 2.05) is 6.07 Å². The minimum Gasteiger partial charge on any atom is -0.479 e. The van der Waals surface area contributed by atoms with E-state index in [0.29, 0.717) is 17.1 Å². The van der Waals surface area contributed by atoms with Gasteiger partial charge in [-0.1, -0.05) is 12.1 Å². The van der Waals surface area contributed by atoms with E-state index < -0.39 is 17.6 Å². The Morgan fingerprint density at radius 3 is 2.72 bits per heavy atom. The van der Waals surface area contributed by atoms with Gasteiger partial charge in [0.25, 0.3) is 5.91 Å². The zero-order chi connectivity index (χ0) is 21.0. The van der Waals surface area contributed by atoms with Crippen LogP contribution in [0.15, 0.2) is 54.7 Å². The maximum atomic E-state index is 12.9. The summed E-state index contributed by atoms with van der Waals surface area (Å²) in [5, 5.41) is 15.3. The van der Waals surface area contributed by atoms with Crippen LogP contribution < -0.4 is 10.1 Å². The van der Waals surface area contributed by atoms with Gasteiger partial charge in [0.2, 0.25) is 0 Å². The van der Waals surface area contributed by atoms with Gasteiger partial charge in [-0.15, -0.1) is 0 Å². The standard InChI is InChI=1S/C20H15F3N4O2/c1-13-18(19(28)26-15-5-3-7-17(11-15)29-9-8-24)12-25-27(13)16-6-2-4-14(10-16)20(21,22)23/h2-7,10-12H,9H2,1H3,(H,26,28). The molecule has 1 aromatic heterocycles. The van der Waals surface area contributed by atoms with Crippen LogP contribution in [0.25, 0.3) is 5.69 Å². The Kier molecular flexibility index (Phi) is 5.54. The largest absolute Gasteiger partial charge is 0.479 e. The highest BCUT2D eigenvalue weighted by atomic mass is 19.4. The molecule has 9 heteroatoms. The first-order chi connectivity index (χ1) is 13.8. The Balaban J connectivity index is 1.83. The van der Waals surface area contributed by atoms with Crippen LogP contribution in [0.2, 0.25) is 0 Å². The molecule has 148 valence electrons. The Morgan fingerprint density at radius 1 is 1.24 bits per heavy atom. The molecule has 1 amide bonds. The van der Waals surface area contributed by atoms with E-state index in [1.165, 1.54) is 23.0 Å². The molecule has 0 saturated heterocycles. The highest BCUT2D eigenvalue weighted by molar-refractivity contribution is 6.05. The molecule has 2 aromatic carbocycles. The van der Waals surface area contributed by atoms with E-state index in [2.05, 4.69) is 10.4 Å². The summed E-state index contributed by atoms with van der Waals surface area (Å²) in [5.41, 5.74) is 0.439. The molecular formula is C20H15F3N4O2. The van der Waals surface area contributed by atoms with E-state index in [4.69, 9.17) is 10.00 Å². The summed E-state index contributed by atoms with van der Waals surface area (Å²) in [4.78, 5) is 12.6. The number of nitrogens with zero attached hydrogens (tertiary/aromatic N) is 3. The van der Waals surface area contributed by atoms with Crippen LogP contribution in [0.1, 0.15) is 21.6 Å². The van der Waals surface area contributed by atoms with Crippen molar-refractivity contribution >= 4 is 11.6 Å². The Bertz CT molecular complexity index is 1080. The Hall–Kier alpha value is -3.80. The van der Waals surface area contributed by atoms with E-state index in [9.17, 15) is 18.0 Å². The molecule has 0 aliphatic heterocycles. The molecule has 29 heavy (non-hydrogen) atoms. The second kappa shape index (κ2) is 8.06. The van der Waals surface area contributed by atoms with Crippen molar-refractivity contribution in [2.75, 3.05) is 11.9 Å². The van der Waals surface area contributed by atoms with Gasteiger partial charge in [-0.2, -0.15) is 23.5 Å². The molecule has 0 aliphatic rings. The molecule has 0 spiro atoms. The van der Waals surface area contributed by atoms with Crippen LogP contribution >= 0.6 is 0 Å². The molecule has 0 aliphatic carbocycles. The van der Waals surface area contributed by atoms with Crippen LogP contribution in [0.5, 0.6) is 5.75 Å². The maximum absolute atomic E-state index is 12.9. The van der Waals surface area contributed by atoms with Crippen LogP contribution in [0, 0.1) is 18.3 Å². The Morgan fingerprint density at radius 2 is 2.00 bits per heavy atom. The molecule has 1 N–H and O–H groups in total. The van der Waals surface area contributed by atoms with Gasteiger partial charge in [-0.05, 0) is 37.3 Å². The van der Waals surface area contributed by atoms with Crippen LogP contribution in [0.4, 0.5) is 18.9 Å². The van der Waals surface area contributed by atoms with Gasteiger partial charge in [0, 0.05) is 11.8 Å². The number of ether oxygens (including phenoxy) is 1. The van der Waals surface area contributed by atoms with Crippen molar-refractivity contribution in [3.05, 3.63) is 71.5 Å². The molecule has 0 unspecified atom stereocenters. The van der Waals surface area contributed by atoms with Crippen molar-refractivity contribution in [1.82, 2.24) is 9.78 Å². The quantitative estimate of drug-likeness (QED) is 0.690. The number of nitriles is 1. The number of nitrogens with one attached hydrogen (secondary N) is 1. The lowest BCUT2D eigenvalue weighted by molar-refractivity contribution is -0.137. The van der Waals surface area contributed by atoms with Crippen molar-refractivity contribution in [3.8, 4) is 17.5 Å². The van der Waals surface area contributed by atoms with Crippen LogP contribution in [0.3, 0.4) is 0 Å². The van der Waals surface area contributed by atoms with Crippen molar-refractivity contribution in [2.45, 2.75) is 13.1 Å². The number of amides is 1. The molecule has 3 aromatic rings. The fourth-order valence-electron chi connectivity index (χ4n) is 2.68. The summed E-state index contributed by atoms with van der Waals surface area (Å²) in [6, 6.07) is 13.0. The van der Waals surface area contributed by atoms with Crippen molar-refractivity contribution in [2.24, 2.45) is 0 Å². The Labute approximate surface area is 164 Å². The minimum absolute atomic E-state index is 0.125. The zero-order valence-corrected chi connectivity index (χ0v) is 15.2. The summed E-state index contributed by atoms with van der Waals surface area (Å²) in [6.45, 7) is 1.47. The number of hydrogen-bond donors (Lipinski definition) is 1.